The Balaban J connectivity index is 2.50. The maximum absolute atomic E-state index is 5.01. The molecule has 0 saturated carbocycles. The standard InChI is InChI=1S/C8H13NO/c1-7(6-10-2)8-4-3-5-9-8/h3-5,7,9H,6H2,1-2H3. The molecule has 2 heteroatoms. The van der Waals surface area contributed by atoms with Crippen molar-refractivity contribution in [2.75, 3.05) is 13.7 Å². The van der Waals surface area contributed by atoms with Crippen LogP contribution >= 0.6 is 0 Å². The van der Waals surface area contributed by atoms with E-state index in [2.05, 4.69) is 18.0 Å². The fourth-order valence-electron chi connectivity index (χ4n) is 0.991. The van der Waals surface area contributed by atoms with Gasteiger partial charge in [-0.05, 0) is 12.1 Å². The molecule has 1 aromatic heterocycles. The quantitative estimate of drug-likeness (QED) is 0.678. The van der Waals surface area contributed by atoms with E-state index in [1.807, 2.05) is 12.3 Å². The first kappa shape index (κ1) is 7.35. The number of rotatable bonds is 3. The van der Waals surface area contributed by atoms with Crippen LogP contribution in [-0.2, 0) is 4.74 Å². The largest absolute Gasteiger partial charge is 0.384 e. The molecule has 56 valence electrons. The van der Waals surface area contributed by atoms with Crippen molar-refractivity contribution in [3.63, 3.8) is 0 Å². The number of methoxy groups -OCH3 is 1. The molecule has 0 bridgehead atoms. The Labute approximate surface area is 61.2 Å². The Hall–Kier alpha value is -0.760. The number of H-pyrrole nitrogens is 1. The zero-order chi connectivity index (χ0) is 7.40. The predicted molar refractivity (Wildman–Crippen MR) is 41.1 cm³/mol. The smallest absolute Gasteiger partial charge is 0.0542 e. The third kappa shape index (κ3) is 1.61. The zero-order valence-electron chi connectivity index (χ0n) is 6.42. The molecule has 0 fully saturated rings. The van der Waals surface area contributed by atoms with Gasteiger partial charge >= 0.3 is 0 Å². The van der Waals surface area contributed by atoms with Gasteiger partial charge in [-0.1, -0.05) is 6.92 Å². The van der Waals surface area contributed by atoms with Crippen LogP contribution in [0.2, 0.25) is 0 Å². The van der Waals surface area contributed by atoms with Gasteiger partial charge in [0.25, 0.3) is 0 Å². The zero-order valence-corrected chi connectivity index (χ0v) is 6.42. The van der Waals surface area contributed by atoms with E-state index in [1.54, 1.807) is 7.11 Å². The van der Waals surface area contributed by atoms with E-state index in [0.717, 1.165) is 6.61 Å². The third-order valence-electron chi connectivity index (χ3n) is 1.57. The summed E-state index contributed by atoms with van der Waals surface area (Å²) in [6.45, 7) is 2.91. The van der Waals surface area contributed by atoms with Crippen molar-refractivity contribution in [3.8, 4) is 0 Å². The lowest BCUT2D eigenvalue weighted by Crippen LogP contribution is -2.01. The lowest BCUT2D eigenvalue weighted by atomic mass is 10.1. The summed E-state index contributed by atoms with van der Waals surface area (Å²) in [7, 11) is 1.72. The van der Waals surface area contributed by atoms with Crippen LogP contribution in [0.5, 0.6) is 0 Å². The topological polar surface area (TPSA) is 25.0 Å². The molecule has 0 amide bonds. The van der Waals surface area contributed by atoms with Crippen LogP contribution in [0.4, 0.5) is 0 Å². The Morgan fingerprint density at radius 1 is 1.70 bits per heavy atom. The summed E-state index contributed by atoms with van der Waals surface area (Å²) in [4.78, 5) is 3.14. The highest BCUT2D eigenvalue weighted by atomic mass is 16.5. The molecule has 1 rings (SSSR count). The highest BCUT2D eigenvalue weighted by Gasteiger charge is 2.03. The molecular weight excluding hydrogens is 126 g/mol. The summed E-state index contributed by atoms with van der Waals surface area (Å²) in [5.41, 5.74) is 1.24. The summed E-state index contributed by atoms with van der Waals surface area (Å²) in [5, 5.41) is 0. The molecular formula is C8H13NO. The van der Waals surface area contributed by atoms with Crippen molar-refractivity contribution in [2.45, 2.75) is 12.8 Å². The fraction of sp³-hybridized carbons (Fsp3) is 0.500. The van der Waals surface area contributed by atoms with Gasteiger partial charge in [0.1, 0.15) is 0 Å². The van der Waals surface area contributed by atoms with Crippen molar-refractivity contribution < 1.29 is 4.74 Å². The summed E-state index contributed by atoms with van der Waals surface area (Å²) in [6, 6.07) is 4.07. The van der Waals surface area contributed by atoms with Crippen LogP contribution in [0.25, 0.3) is 0 Å². The Morgan fingerprint density at radius 2 is 2.50 bits per heavy atom. The van der Waals surface area contributed by atoms with Crippen LogP contribution in [0.3, 0.4) is 0 Å². The van der Waals surface area contributed by atoms with Crippen molar-refractivity contribution in [2.24, 2.45) is 0 Å². The Bertz CT molecular complexity index is 169. The van der Waals surface area contributed by atoms with Crippen LogP contribution in [0.1, 0.15) is 18.5 Å². The maximum Gasteiger partial charge on any atom is 0.0542 e. The number of aromatic amines is 1. The summed E-state index contributed by atoms with van der Waals surface area (Å²) in [5.74, 6) is 0.472. The molecule has 0 radical (unpaired) electrons. The first-order chi connectivity index (χ1) is 4.84. The lowest BCUT2D eigenvalue weighted by Gasteiger charge is -2.06. The number of nitrogens with one attached hydrogen (secondary N) is 1. The first-order valence-electron chi connectivity index (χ1n) is 3.47. The second kappa shape index (κ2) is 3.42. The number of hydrogen-bond donors (Lipinski definition) is 1. The fourth-order valence-corrected chi connectivity index (χ4v) is 0.991. The summed E-state index contributed by atoms with van der Waals surface area (Å²) < 4.78 is 5.01. The van der Waals surface area contributed by atoms with Crippen LogP contribution in [0.15, 0.2) is 18.3 Å². The van der Waals surface area contributed by atoms with Crippen molar-refractivity contribution >= 4 is 0 Å². The molecule has 0 aliphatic heterocycles. The Morgan fingerprint density at radius 3 is 3.00 bits per heavy atom. The molecule has 1 N–H and O–H groups in total. The minimum Gasteiger partial charge on any atom is -0.384 e. The molecule has 0 aliphatic rings. The molecule has 1 unspecified atom stereocenters. The summed E-state index contributed by atoms with van der Waals surface area (Å²) >= 11 is 0. The van der Waals surface area contributed by atoms with E-state index >= 15 is 0 Å². The van der Waals surface area contributed by atoms with Gasteiger partial charge in [0.15, 0.2) is 0 Å². The summed E-state index contributed by atoms with van der Waals surface area (Å²) in [6.07, 6.45) is 1.93. The van der Waals surface area contributed by atoms with Crippen LogP contribution in [-0.4, -0.2) is 18.7 Å². The Kier molecular flexibility index (Phi) is 2.51. The molecule has 2 nitrogen and oxygen atoms in total. The van der Waals surface area contributed by atoms with Gasteiger partial charge in [0.2, 0.25) is 0 Å². The number of aromatic nitrogens is 1. The van der Waals surface area contributed by atoms with Crippen molar-refractivity contribution in [1.29, 1.82) is 0 Å². The third-order valence-corrected chi connectivity index (χ3v) is 1.57. The van der Waals surface area contributed by atoms with Crippen LogP contribution in [0, 0.1) is 0 Å². The SMILES string of the molecule is COCC(C)c1ccc[nH]1. The van der Waals surface area contributed by atoms with Gasteiger partial charge in [0.05, 0.1) is 6.61 Å². The van der Waals surface area contributed by atoms with Crippen molar-refractivity contribution in [1.82, 2.24) is 4.98 Å². The van der Waals surface area contributed by atoms with Crippen molar-refractivity contribution in [3.05, 3.63) is 24.0 Å². The predicted octanol–water partition coefficient (Wildman–Crippen LogP) is 1.76. The minimum atomic E-state index is 0.472. The second-order valence-electron chi connectivity index (χ2n) is 2.48. The van der Waals surface area contributed by atoms with Gasteiger partial charge in [0, 0.05) is 24.9 Å². The lowest BCUT2D eigenvalue weighted by molar-refractivity contribution is 0.183. The van der Waals surface area contributed by atoms with E-state index in [-0.39, 0.29) is 0 Å². The molecule has 0 saturated heterocycles. The van der Waals surface area contributed by atoms with E-state index in [0.29, 0.717) is 5.92 Å². The van der Waals surface area contributed by atoms with Gasteiger partial charge in [-0.15, -0.1) is 0 Å². The molecule has 0 aliphatic carbocycles. The average Bonchev–Trinajstić information content (AvgIpc) is 2.38. The van der Waals surface area contributed by atoms with Gasteiger partial charge in [-0.2, -0.15) is 0 Å². The highest BCUT2D eigenvalue weighted by molar-refractivity contribution is 5.08. The second-order valence-corrected chi connectivity index (χ2v) is 2.48. The molecule has 10 heavy (non-hydrogen) atoms. The molecule has 1 aromatic rings. The van der Waals surface area contributed by atoms with Gasteiger partial charge < -0.3 is 9.72 Å². The number of hydrogen-bond acceptors (Lipinski definition) is 1. The molecule has 1 atom stereocenters. The van der Waals surface area contributed by atoms with Gasteiger partial charge in [-0.25, -0.2) is 0 Å². The van der Waals surface area contributed by atoms with E-state index < -0.39 is 0 Å². The van der Waals surface area contributed by atoms with E-state index in [1.165, 1.54) is 5.69 Å². The normalized spacial score (nSPS) is 13.4. The monoisotopic (exact) mass is 139 g/mol. The average molecular weight is 139 g/mol. The molecule has 0 aromatic carbocycles. The number of ether oxygens (including phenoxy) is 1. The highest BCUT2D eigenvalue weighted by Crippen LogP contribution is 2.11. The van der Waals surface area contributed by atoms with Gasteiger partial charge in [-0.3, -0.25) is 0 Å². The van der Waals surface area contributed by atoms with E-state index in [9.17, 15) is 0 Å². The minimum absolute atomic E-state index is 0.472. The molecule has 0 spiro atoms. The van der Waals surface area contributed by atoms with E-state index in [4.69, 9.17) is 4.74 Å². The maximum atomic E-state index is 5.01. The van der Waals surface area contributed by atoms with Crippen LogP contribution < -0.4 is 0 Å². The molecule has 1 heterocycles. The first-order valence-corrected chi connectivity index (χ1v) is 3.47.